The molecule has 0 spiro atoms. The van der Waals surface area contributed by atoms with Crippen molar-refractivity contribution in [3.05, 3.63) is 47.5 Å². The van der Waals surface area contributed by atoms with Crippen molar-refractivity contribution in [1.82, 2.24) is 4.31 Å². The SMILES string of the molecule is Cc1cccc(NC(=O)C2CCN(S(=O)(=O)c3cc4c(cc3C)NC(=O)[C@@H](C)O4)CC2)c1. The van der Waals surface area contributed by atoms with E-state index in [1.54, 1.807) is 19.9 Å². The number of carbonyl (C=O) groups is 2. The van der Waals surface area contributed by atoms with E-state index in [9.17, 15) is 18.0 Å². The van der Waals surface area contributed by atoms with E-state index < -0.39 is 16.1 Å². The molecule has 2 aromatic rings. The fourth-order valence-electron chi connectivity index (χ4n) is 4.09. The lowest BCUT2D eigenvalue weighted by Gasteiger charge is -2.31. The van der Waals surface area contributed by atoms with E-state index in [1.165, 1.54) is 10.4 Å². The van der Waals surface area contributed by atoms with Gasteiger partial charge in [0.05, 0.1) is 10.6 Å². The summed E-state index contributed by atoms with van der Waals surface area (Å²) in [7, 11) is -3.76. The van der Waals surface area contributed by atoms with Crippen molar-refractivity contribution < 1.29 is 22.7 Å². The molecule has 1 saturated heterocycles. The van der Waals surface area contributed by atoms with Crippen LogP contribution in [-0.2, 0) is 19.6 Å². The number of benzene rings is 2. The van der Waals surface area contributed by atoms with Crippen molar-refractivity contribution in [1.29, 1.82) is 0 Å². The predicted octanol–water partition coefficient (Wildman–Crippen LogP) is 3.06. The van der Waals surface area contributed by atoms with Crippen LogP contribution in [-0.4, -0.2) is 43.7 Å². The molecule has 1 fully saturated rings. The quantitative estimate of drug-likeness (QED) is 0.734. The zero-order valence-electron chi connectivity index (χ0n) is 18.3. The first kappa shape index (κ1) is 22.3. The zero-order chi connectivity index (χ0) is 23.0. The first-order chi connectivity index (χ1) is 15.1. The van der Waals surface area contributed by atoms with Crippen molar-refractivity contribution in [2.75, 3.05) is 23.7 Å². The number of aryl methyl sites for hydroxylation is 2. The molecule has 32 heavy (non-hydrogen) atoms. The number of ether oxygens (including phenoxy) is 1. The Morgan fingerprint density at radius 1 is 1.16 bits per heavy atom. The first-order valence-corrected chi connectivity index (χ1v) is 12.1. The maximum Gasteiger partial charge on any atom is 0.265 e. The zero-order valence-corrected chi connectivity index (χ0v) is 19.2. The van der Waals surface area contributed by atoms with Crippen LogP contribution in [0, 0.1) is 19.8 Å². The number of fused-ring (bicyclic) bond motifs is 1. The molecule has 0 aliphatic carbocycles. The number of sulfonamides is 1. The molecule has 2 aliphatic heterocycles. The average molecular weight is 458 g/mol. The molecule has 2 aliphatic rings. The molecule has 0 bridgehead atoms. The maximum absolute atomic E-state index is 13.3. The van der Waals surface area contributed by atoms with Crippen LogP contribution in [0.5, 0.6) is 5.75 Å². The number of hydrogen-bond donors (Lipinski definition) is 2. The normalized spacial score (nSPS) is 19.6. The van der Waals surface area contributed by atoms with E-state index in [0.717, 1.165) is 11.3 Å². The Balaban J connectivity index is 1.46. The van der Waals surface area contributed by atoms with Crippen LogP contribution in [0.25, 0.3) is 0 Å². The average Bonchev–Trinajstić information content (AvgIpc) is 2.74. The van der Waals surface area contributed by atoms with E-state index in [0.29, 0.717) is 29.8 Å². The highest BCUT2D eigenvalue weighted by atomic mass is 32.2. The number of nitrogens with zero attached hydrogens (tertiary/aromatic N) is 1. The van der Waals surface area contributed by atoms with E-state index in [-0.39, 0.29) is 35.7 Å². The second-order valence-corrected chi connectivity index (χ2v) is 10.3. The van der Waals surface area contributed by atoms with Gasteiger partial charge in [0.1, 0.15) is 5.75 Å². The van der Waals surface area contributed by atoms with E-state index in [1.807, 2.05) is 31.2 Å². The van der Waals surface area contributed by atoms with Crippen molar-refractivity contribution in [3.8, 4) is 5.75 Å². The Morgan fingerprint density at radius 2 is 1.88 bits per heavy atom. The fourth-order valence-corrected chi connectivity index (χ4v) is 5.78. The minimum absolute atomic E-state index is 0.0873. The van der Waals surface area contributed by atoms with Gasteiger partial charge in [-0.05, 0) is 62.9 Å². The maximum atomic E-state index is 13.3. The van der Waals surface area contributed by atoms with Crippen molar-refractivity contribution in [2.24, 2.45) is 5.92 Å². The summed E-state index contributed by atoms with van der Waals surface area (Å²) in [6.45, 7) is 5.79. The smallest absolute Gasteiger partial charge is 0.265 e. The van der Waals surface area contributed by atoms with Crippen LogP contribution in [0.1, 0.15) is 30.9 Å². The number of amides is 2. The minimum atomic E-state index is -3.76. The fraction of sp³-hybridized carbons (Fsp3) is 0.391. The molecule has 2 heterocycles. The lowest BCUT2D eigenvalue weighted by molar-refractivity contribution is -0.123. The molecule has 8 nitrogen and oxygen atoms in total. The van der Waals surface area contributed by atoms with Crippen LogP contribution in [0.15, 0.2) is 41.3 Å². The van der Waals surface area contributed by atoms with Crippen molar-refractivity contribution >= 4 is 33.2 Å². The highest BCUT2D eigenvalue weighted by molar-refractivity contribution is 7.89. The number of piperidine rings is 1. The van der Waals surface area contributed by atoms with Gasteiger partial charge >= 0.3 is 0 Å². The van der Waals surface area contributed by atoms with Gasteiger partial charge in [0.25, 0.3) is 5.91 Å². The van der Waals surface area contributed by atoms with Crippen LogP contribution in [0.2, 0.25) is 0 Å². The topological polar surface area (TPSA) is 105 Å². The first-order valence-electron chi connectivity index (χ1n) is 10.6. The van der Waals surface area contributed by atoms with Crippen LogP contribution >= 0.6 is 0 Å². The molecule has 0 radical (unpaired) electrons. The highest BCUT2D eigenvalue weighted by Crippen LogP contribution is 2.36. The van der Waals surface area contributed by atoms with Gasteiger partial charge in [-0.1, -0.05) is 12.1 Å². The molecule has 4 rings (SSSR count). The molecule has 2 aromatic carbocycles. The molecule has 1 atom stereocenters. The Kier molecular flexibility index (Phi) is 5.96. The van der Waals surface area contributed by atoms with Crippen molar-refractivity contribution in [3.63, 3.8) is 0 Å². The molecular weight excluding hydrogens is 430 g/mol. The summed E-state index contributed by atoms with van der Waals surface area (Å²) < 4.78 is 33.7. The van der Waals surface area contributed by atoms with E-state index in [4.69, 9.17) is 4.74 Å². The largest absolute Gasteiger partial charge is 0.479 e. The standard InChI is InChI=1S/C23H27N3O5S/c1-14-5-4-6-18(11-14)24-23(28)17-7-9-26(10-8-17)32(29,30)21-13-20-19(12-15(21)2)25-22(27)16(3)31-20/h4-6,11-13,16-17H,7-10H2,1-3H3,(H,24,28)(H,25,27)/t16-/m1/s1. The van der Waals surface area contributed by atoms with Gasteiger partial charge in [-0.15, -0.1) is 0 Å². The molecule has 0 aromatic heterocycles. The molecule has 170 valence electrons. The second kappa shape index (κ2) is 8.55. The third-order valence-electron chi connectivity index (χ3n) is 5.94. The van der Waals surface area contributed by atoms with Gasteiger partial charge < -0.3 is 15.4 Å². The van der Waals surface area contributed by atoms with Gasteiger partial charge in [0.15, 0.2) is 6.10 Å². The Labute approximate surface area is 188 Å². The van der Waals surface area contributed by atoms with Crippen LogP contribution < -0.4 is 15.4 Å². The summed E-state index contributed by atoms with van der Waals surface area (Å²) in [5.74, 6) is -0.256. The van der Waals surface area contributed by atoms with Gasteiger partial charge in [-0.2, -0.15) is 4.31 Å². The third kappa shape index (κ3) is 4.35. The molecule has 2 N–H and O–H groups in total. The summed E-state index contributed by atoms with van der Waals surface area (Å²) in [6.07, 6.45) is 0.206. The number of hydrogen-bond acceptors (Lipinski definition) is 5. The molecular formula is C23H27N3O5S. The Hall–Kier alpha value is -2.91. The molecule has 2 amide bonds. The summed E-state index contributed by atoms with van der Waals surface area (Å²) >= 11 is 0. The molecule has 0 unspecified atom stereocenters. The molecule has 9 heteroatoms. The van der Waals surface area contributed by atoms with Gasteiger partial charge in [-0.3, -0.25) is 9.59 Å². The summed E-state index contributed by atoms with van der Waals surface area (Å²) in [5.41, 5.74) is 2.80. The Morgan fingerprint density at radius 3 is 2.56 bits per heavy atom. The number of nitrogens with one attached hydrogen (secondary N) is 2. The monoisotopic (exact) mass is 457 g/mol. The second-order valence-electron chi connectivity index (χ2n) is 8.40. The third-order valence-corrected chi connectivity index (χ3v) is 7.98. The van der Waals surface area contributed by atoms with Crippen LogP contribution in [0.4, 0.5) is 11.4 Å². The van der Waals surface area contributed by atoms with Crippen molar-refractivity contribution in [2.45, 2.75) is 44.6 Å². The van der Waals surface area contributed by atoms with E-state index in [2.05, 4.69) is 10.6 Å². The lowest BCUT2D eigenvalue weighted by atomic mass is 9.97. The lowest BCUT2D eigenvalue weighted by Crippen LogP contribution is -2.41. The van der Waals surface area contributed by atoms with Crippen LogP contribution in [0.3, 0.4) is 0 Å². The van der Waals surface area contributed by atoms with E-state index >= 15 is 0 Å². The number of carbonyl (C=O) groups excluding carboxylic acids is 2. The summed E-state index contributed by atoms with van der Waals surface area (Å²) in [5, 5.41) is 5.66. The predicted molar refractivity (Wildman–Crippen MR) is 121 cm³/mol. The molecule has 0 saturated carbocycles. The Bertz CT molecular complexity index is 1170. The highest BCUT2D eigenvalue weighted by Gasteiger charge is 2.34. The number of anilines is 2. The van der Waals surface area contributed by atoms with Gasteiger partial charge in [-0.25, -0.2) is 8.42 Å². The van der Waals surface area contributed by atoms with Gasteiger partial charge in [0.2, 0.25) is 15.9 Å². The van der Waals surface area contributed by atoms with Gasteiger partial charge in [0, 0.05) is 30.8 Å². The summed E-state index contributed by atoms with van der Waals surface area (Å²) in [6, 6.07) is 10.7. The minimum Gasteiger partial charge on any atom is -0.479 e. The number of rotatable bonds is 4. The summed E-state index contributed by atoms with van der Waals surface area (Å²) in [4.78, 5) is 24.6.